The summed E-state index contributed by atoms with van der Waals surface area (Å²) in [5.74, 6) is 0. The van der Waals surface area contributed by atoms with Crippen molar-refractivity contribution in [3.05, 3.63) is 58.7 Å². The van der Waals surface area contributed by atoms with Gasteiger partial charge in [-0.25, -0.2) is 0 Å². The number of aryl methyl sites for hydroxylation is 1. The molecule has 2 aromatic rings. The molecule has 0 amide bonds. The molecule has 0 aliphatic rings. The van der Waals surface area contributed by atoms with E-state index in [-0.39, 0.29) is 17.1 Å². The molecule has 2 rings (SSSR count). The maximum atomic E-state index is 5.81. The molecule has 0 aromatic heterocycles. The van der Waals surface area contributed by atoms with Crippen molar-refractivity contribution in [3.8, 4) is 0 Å². The molecule has 30 heavy (non-hydrogen) atoms. The molecule has 0 atom stereocenters. The zero-order valence-electron chi connectivity index (χ0n) is 20.0. The monoisotopic (exact) mass is 453 g/mol. The molecule has 178 valence electrons. The number of hydrogen-bond donors (Lipinski definition) is 1. The van der Waals surface area contributed by atoms with Crippen molar-refractivity contribution in [2.24, 2.45) is 5.73 Å². The Balaban J connectivity index is 0.00000122. The minimum atomic E-state index is 0. The Labute approximate surface area is 198 Å². The van der Waals surface area contributed by atoms with Crippen molar-refractivity contribution < 1.29 is 17.1 Å². The summed E-state index contributed by atoms with van der Waals surface area (Å²) in [6, 6.07) is 12.3. The largest absolute Gasteiger partial charge is 0.748 e. The predicted molar refractivity (Wildman–Crippen MR) is 131 cm³/mol. The normalized spacial score (nSPS) is 10.4. The summed E-state index contributed by atoms with van der Waals surface area (Å²) < 4.78 is 0. The summed E-state index contributed by atoms with van der Waals surface area (Å²) in [6.45, 7) is 7.45. The Morgan fingerprint density at radius 3 is 1.47 bits per heavy atom. The summed E-state index contributed by atoms with van der Waals surface area (Å²) in [4.78, 5) is 0. The van der Waals surface area contributed by atoms with Gasteiger partial charge in [0.1, 0.15) is 0 Å². The van der Waals surface area contributed by atoms with Crippen LogP contribution < -0.4 is 5.73 Å². The molecule has 1 nitrogen and oxygen atoms in total. The van der Waals surface area contributed by atoms with E-state index in [1.54, 1.807) is 0 Å². The van der Waals surface area contributed by atoms with E-state index < -0.39 is 0 Å². The third-order valence-corrected chi connectivity index (χ3v) is 6.20. The zero-order valence-corrected chi connectivity index (χ0v) is 21.1. The van der Waals surface area contributed by atoms with Crippen molar-refractivity contribution in [3.63, 3.8) is 0 Å². The van der Waals surface area contributed by atoms with Crippen molar-refractivity contribution in [2.75, 3.05) is 0 Å². The van der Waals surface area contributed by atoms with Crippen molar-refractivity contribution in [2.45, 2.75) is 117 Å². The van der Waals surface area contributed by atoms with Gasteiger partial charge >= 0.3 is 0 Å². The smallest absolute Gasteiger partial charge is 0 e. The second kappa shape index (κ2) is 20.1. The van der Waals surface area contributed by atoms with Crippen molar-refractivity contribution in [1.29, 1.82) is 0 Å². The number of rotatable bonds is 15. The molecule has 0 saturated heterocycles. The topological polar surface area (TPSA) is 26.0 Å². The van der Waals surface area contributed by atoms with E-state index in [9.17, 15) is 0 Å². The first kappa shape index (κ1) is 29.2. The zero-order chi connectivity index (χ0) is 21.2. The van der Waals surface area contributed by atoms with E-state index in [2.05, 4.69) is 26.8 Å². The van der Waals surface area contributed by atoms with Gasteiger partial charge in [0, 0.05) is 17.1 Å². The van der Waals surface area contributed by atoms with E-state index in [1.165, 1.54) is 112 Å². The third-order valence-electron chi connectivity index (χ3n) is 6.20. The standard InChI is InChI=1S/C23H42N.C5H5.Fe/c1-4-5-6-7-8-9-10-11-12-13-14-15-16-17-22-18-23(19-24)21(3)20(22)2;1-2-4-5-3-1;/h18H,4-17,19,24H2,1-3H3;1-5H;/q-1;-5;. The Kier molecular flexibility index (Phi) is 19.6. The SMILES string of the molecule is CCCCCCCCCCCCCCC[c-]1cc(CN)c(C)c1C.[Fe].[cH-]1[cH-][cH-][cH-][cH-]1. The van der Waals surface area contributed by atoms with Crippen LogP contribution in [0.15, 0.2) is 36.4 Å². The summed E-state index contributed by atoms with van der Waals surface area (Å²) in [5, 5.41) is 0. The van der Waals surface area contributed by atoms with Gasteiger partial charge in [0.05, 0.1) is 0 Å². The molecule has 0 heterocycles. The average Bonchev–Trinajstić information content (AvgIpc) is 3.40. The maximum Gasteiger partial charge on any atom is 0 e. The van der Waals surface area contributed by atoms with Crippen LogP contribution in [0.5, 0.6) is 0 Å². The number of unbranched alkanes of at least 4 members (excludes halogenated alkanes) is 12. The summed E-state index contributed by atoms with van der Waals surface area (Å²) in [5.41, 5.74) is 11.6. The maximum absolute atomic E-state index is 5.81. The Hall–Kier alpha value is -0.821. The fourth-order valence-electron chi connectivity index (χ4n) is 4.03. The molecule has 0 fully saturated rings. The van der Waals surface area contributed by atoms with Gasteiger partial charge in [-0.05, 0) is 6.54 Å². The Morgan fingerprint density at radius 1 is 0.700 bits per heavy atom. The van der Waals surface area contributed by atoms with Crippen LogP contribution in [0.2, 0.25) is 0 Å². The van der Waals surface area contributed by atoms with Crippen molar-refractivity contribution in [1.82, 2.24) is 0 Å². The van der Waals surface area contributed by atoms with Crippen LogP contribution in [0.1, 0.15) is 113 Å². The summed E-state index contributed by atoms with van der Waals surface area (Å²) >= 11 is 0. The minimum Gasteiger partial charge on any atom is -0.748 e. The van der Waals surface area contributed by atoms with E-state index in [4.69, 9.17) is 5.73 Å². The van der Waals surface area contributed by atoms with Crippen LogP contribution in [-0.4, -0.2) is 0 Å². The molecule has 0 aliphatic carbocycles. The molecule has 0 unspecified atom stereocenters. The van der Waals surface area contributed by atoms with Gasteiger partial charge in [0.15, 0.2) is 0 Å². The first-order valence-corrected chi connectivity index (χ1v) is 12.3. The Morgan fingerprint density at radius 2 is 1.10 bits per heavy atom. The minimum absolute atomic E-state index is 0. The van der Waals surface area contributed by atoms with Crippen LogP contribution in [0, 0.1) is 13.8 Å². The second-order valence-electron chi connectivity index (χ2n) is 8.60. The fraction of sp³-hybridized carbons (Fsp3) is 0.643. The van der Waals surface area contributed by atoms with E-state index in [0.29, 0.717) is 6.54 Å². The summed E-state index contributed by atoms with van der Waals surface area (Å²) in [7, 11) is 0. The second-order valence-corrected chi connectivity index (χ2v) is 8.60. The van der Waals surface area contributed by atoms with Gasteiger partial charge in [-0.3, -0.25) is 0 Å². The summed E-state index contributed by atoms with van der Waals surface area (Å²) in [6.07, 6.45) is 19.8. The number of hydrogen-bond acceptors (Lipinski definition) is 1. The van der Waals surface area contributed by atoms with Gasteiger partial charge in [-0.15, -0.1) is 0 Å². The molecular formula is C28H47FeN-6. The number of nitrogens with two attached hydrogens (primary N) is 1. The van der Waals surface area contributed by atoms with E-state index >= 15 is 0 Å². The quantitative estimate of drug-likeness (QED) is 0.163. The molecule has 2 aromatic carbocycles. The van der Waals surface area contributed by atoms with Gasteiger partial charge in [-0.1, -0.05) is 111 Å². The predicted octanol–water partition coefficient (Wildman–Crippen LogP) is 8.52. The van der Waals surface area contributed by atoms with Gasteiger partial charge < -0.3 is 36.1 Å². The van der Waals surface area contributed by atoms with E-state index in [0.717, 1.165) is 0 Å². The van der Waals surface area contributed by atoms with Crippen LogP contribution in [0.4, 0.5) is 0 Å². The molecule has 0 spiro atoms. The van der Waals surface area contributed by atoms with Gasteiger partial charge in [-0.2, -0.15) is 28.3 Å². The third kappa shape index (κ3) is 13.5. The molecule has 2 N–H and O–H groups in total. The fourth-order valence-corrected chi connectivity index (χ4v) is 4.03. The molecule has 2 heteroatoms. The molecule has 0 saturated carbocycles. The van der Waals surface area contributed by atoms with Crippen LogP contribution >= 0.6 is 0 Å². The van der Waals surface area contributed by atoms with Crippen LogP contribution in [-0.2, 0) is 30.0 Å². The molecule has 0 bridgehead atoms. The van der Waals surface area contributed by atoms with E-state index in [1.807, 2.05) is 30.3 Å². The van der Waals surface area contributed by atoms with Gasteiger partial charge in [0.2, 0.25) is 0 Å². The van der Waals surface area contributed by atoms with Crippen LogP contribution in [0.3, 0.4) is 0 Å². The van der Waals surface area contributed by atoms with Crippen molar-refractivity contribution >= 4 is 0 Å². The van der Waals surface area contributed by atoms with Crippen LogP contribution in [0.25, 0.3) is 0 Å². The van der Waals surface area contributed by atoms with Gasteiger partial charge in [0.25, 0.3) is 0 Å². The first-order chi connectivity index (χ1) is 14.2. The molecule has 0 radical (unpaired) electrons. The first-order valence-electron chi connectivity index (χ1n) is 12.3. The molecular weight excluding hydrogens is 406 g/mol. The average molecular weight is 454 g/mol. The Bertz CT molecular complexity index is 565. The molecule has 0 aliphatic heterocycles.